The Kier molecular flexibility index (Phi) is 3.51. The van der Waals surface area contributed by atoms with Crippen LogP contribution in [0.4, 0.5) is 0 Å². The van der Waals surface area contributed by atoms with Crippen LogP contribution in [0.2, 0.25) is 0 Å². The highest BCUT2D eigenvalue weighted by Crippen LogP contribution is 2.67. The van der Waals surface area contributed by atoms with Crippen molar-refractivity contribution in [3.8, 4) is 0 Å². The van der Waals surface area contributed by atoms with Crippen molar-refractivity contribution in [2.24, 2.45) is 34.3 Å². The molecule has 0 bridgehead atoms. The number of allylic oxidation sites excluding steroid dienone is 1. The zero-order valence-corrected chi connectivity index (χ0v) is 14.9. The fourth-order valence-corrected chi connectivity index (χ4v) is 7.06. The summed E-state index contributed by atoms with van der Waals surface area (Å²) in [6.45, 7) is 4.48. The quantitative estimate of drug-likeness (QED) is 0.645. The number of nitrogens with two attached hydrogens (primary N) is 1. The van der Waals surface area contributed by atoms with Crippen LogP contribution >= 0.6 is 0 Å². The summed E-state index contributed by atoms with van der Waals surface area (Å²) in [5.41, 5.74) is 5.54. The number of hydrogen-bond donors (Lipinski definition) is 3. The number of aliphatic hydroxyl groups excluding tert-OH is 1. The van der Waals surface area contributed by atoms with Crippen molar-refractivity contribution in [2.45, 2.75) is 76.9 Å². The van der Waals surface area contributed by atoms with Gasteiger partial charge in [0.05, 0.1) is 6.10 Å². The fraction of sp³-hybridized carbons (Fsp3) is 0.850. The van der Waals surface area contributed by atoms with Gasteiger partial charge in [-0.15, -0.1) is 0 Å². The number of primary amides is 1. The van der Waals surface area contributed by atoms with E-state index < -0.39 is 11.5 Å². The molecule has 24 heavy (non-hydrogen) atoms. The standard InChI is InChI=1S/C20H31NO3/c1-18-8-5-13(22)11-12(18)3-4-14-15(18)6-9-19(2)16(14)7-10-20(19,24)17(21)23/h3,13-16,22,24H,4-11H2,1-2H3,(H2,21,23)/t13-,14+,15-,16-,18-,19-,20-/m0/s1. The molecule has 0 heterocycles. The maximum absolute atomic E-state index is 12.0. The topological polar surface area (TPSA) is 83.6 Å². The molecule has 0 saturated heterocycles. The van der Waals surface area contributed by atoms with Crippen molar-refractivity contribution < 1.29 is 15.0 Å². The van der Waals surface area contributed by atoms with Gasteiger partial charge in [-0.25, -0.2) is 0 Å². The van der Waals surface area contributed by atoms with Gasteiger partial charge in [-0.3, -0.25) is 4.79 Å². The molecule has 0 aromatic carbocycles. The number of fused-ring (bicyclic) bond motifs is 5. The van der Waals surface area contributed by atoms with Crippen molar-refractivity contribution in [3.05, 3.63) is 11.6 Å². The number of rotatable bonds is 1. The molecule has 134 valence electrons. The van der Waals surface area contributed by atoms with Crippen LogP contribution in [0.15, 0.2) is 11.6 Å². The van der Waals surface area contributed by atoms with Gasteiger partial charge in [0.1, 0.15) is 5.60 Å². The summed E-state index contributed by atoms with van der Waals surface area (Å²) < 4.78 is 0. The molecule has 4 aliphatic rings. The van der Waals surface area contributed by atoms with Gasteiger partial charge in [0.25, 0.3) is 0 Å². The van der Waals surface area contributed by atoms with E-state index in [9.17, 15) is 15.0 Å². The molecule has 0 unspecified atom stereocenters. The van der Waals surface area contributed by atoms with E-state index in [1.165, 1.54) is 5.57 Å². The molecule has 4 N–H and O–H groups in total. The Balaban J connectivity index is 1.69. The average Bonchev–Trinajstić information content (AvgIpc) is 2.81. The number of carbonyl (C=O) groups excluding carboxylic acids is 1. The third-order valence-electron chi connectivity index (χ3n) is 8.64. The zero-order chi connectivity index (χ0) is 17.3. The fourth-order valence-electron chi connectivity index (χ4n) is 7.06. The SMILES string of the molecule is C[C@]12CC[C@H](O)CC1=CC[C@@H]1[C@@H]2CC[C@@]2(C)[C@H]1CC[C@]2(O)C(N)=O. The minimum absolute atomic E-state index is 0.179. The summed E-state index contributed by atoms with van der Waals surface area (Å²) in [5.74, 6) is 0.972. The zero-order valence-electron chi connectivity index (χ0n) is 14.9. The summed E-state index contributed by atoms with van der Waals surface area (Å²) >= 11 is 0. The van der Waals surface area contributed by atoms with E-state index in [2.05, 4.69) is 19.9 Å². The Morgan fingerprint density at radius 2 is 1.88 bits per heavy atom. The summed E-state index contributed by atoms with van der Waals surface area (Å²) in [4.78, 5) is 12.0. The van der Waals surface area contributed by atoms with Gasteiger partial charge in [0.2, 0.25) is 5.91 Å². The lowest BCUT2D eigenvalue weighted by Gasteiger charge is -2.58. The third kappa shape index (κ3) is 1.90. The van der Waals surface area contributed by atoms with Crippen LogP contribution in [0.3, 0.4) is 0 Å². The minimum atomic E-state index is -1.34. The van der Waals surface area contributed by atoms with Gasteiger partial charge in [-0.1, -0.05) is 25.5 Å². The molecule has 3 saturated carbocycles. The molecule has 4 aliphatic carbocycles. The maximum Gasteiger partial charge on any atom is 0.249 e. The molecule has 0 aliphatic heterocycles. The van der Waals surface area contributed by atoms with Gasteiger partial charge < -0.3 is 15.9 Å². The molecule has 0 aromatic heterocycles. The van der Waals surface area contributed by atoms with Crippen molar-refractivity contribution in [1.82, 2.24) is 0 Å². The van der Waals surface area contributed by atoms with Gasteiger partial charge in [-0.05, 0) is 74.5 Å². The van der Waals surface area contributed by atoms with Crippen LogP contribution in [-0.4, -0.2) is 27.8 Å². The molecule has 4 heteroatoms. The van der Waals surface area contributed by atoms with E-state index in [0.717, 1.165) is 44.9 Å². The first-order valence-corrected chi connectivity index (χ1v) is 9.62. The Bertz CT molecular complexity index is 602. The minimum Gasteiger partial charge on any atom is -0.393 e. The first kappa shape index (κ1) is 16.6. The second-order valence-electron chi connectivity index (χ2n) is 9.38. The molecular formula is C20H31NO3. The molecule has 0 spiro atoms. The Labute approximate surface area is 144 Å². The number of aliphatic hydroxyl groups is 2. The maximum atomic E-state index is 12.0. The molecular weight excluding hydrogens is 302 g/mol. The van der Waals surface area contributed by atoms with E-state index in [-0.39, 0.29) is 16.9 Å². The molecule has 3 fully saturated rings. The van der Waals surface area contributed by atoms with Crippen LogP contribution in [0.1, 0.15) is 65.2 Å². The molecule has 0 radical (unpaired) electrons. The van der Waals surface area contributed by atoms with E-state index in [1.807, 2.05) is 0 Å². The summed E-state index contributed by atoms with van der Waals surface area (Å²) in [7, 11) is 0. The van der Waals surface area contributed by atoms with E-state index in [1.54, 1.807) is 0 Å². The predicted octanol–water partition coefficient (Wildman–Crippen LogP) is 2.53. The van der Waals surface area contributed by atoms with E-state index in [0.29, 0.717) is 24.2 Å². The molecule has 7 atom stereocenters. The van der Waals surface area contributed by atoms with Gasteiger partial charge in [0, 0.05) is 5.41 Å². The second kappa shape index (κ2) is 5.07. The normalized spacial score (nSPS) is 53.6. The largest absolute Gasteiger partial charge is 0.393 e. The monoisotopic (exact) mass is 333 g/mol. The molecule has 0 aromatic rings. The second-order valence-corrected chi connectivity index (χ2v) is 9.38. The average molecular weight is 333 g/mol. The van der Waals surface area contributed by atoms with Gasteiger partial charge >= 0.3 is 0 Å². The van der Waals surface area contributed by atoms with Crippen LogP contribution in [-0.2, 0) is 4.79 Å². The molecule has 4 nitrogen and oxygen atoms in total. The van der Waals surface area contributed by atoms with Crippen molar-refractivity contribution in [1.29, 1.82) is 0 Å². The van der Waals surface area contributed by atoms with Crippen molar-refractivity contribution in [2.75, 3.05) is 0 Å². The van der Waals surface area contributed by atoms with Crippen LogP contribution in [0.25, 0.3) is 0 Å². The van der Waals surface area contributed by atoms with Crippen LogP contribution < -0.4 is 5.73 Å². The number of carbonyl (C=O) groups is 1. The van der Waals surface area contributed by atoms with Crippen LogP contribution in [0, 0.1) is 28.6 Å². The summed E-state index contributed by atoms with van der Waals surface area (Å²) in [5, 5.41) is 21.1. The smallest absolute Gasteiger partial charge is 0.249 e. The van der Waals surface area contributed by atoms with Crippen LogP contribution in [0.5, 0.6) is 0 Å². The van der Waals surface area contributed by atoms with Gasteiger partial charge in [-0.2, -0.15) is 0 Å². The lowest BCUT2D eigenvalue weighted by molar-refractivity contribution is -0.160. The number of amides is 1. The Hall–Kier alpha value is -0.870. The molecule has 4 rings (SSSR count). The highest BCUT2D eigenvalue weighted by Gasteiger charge is 2.65. The number of hydrogen-bond acceptors (Lipinski definition) is 3. The summed E-state index contributed by atoms with van der Waals surface area (Å²) in [6, 6.07) is 0. The lowest BCUT2D eigenvalue weighted by atomic mass is 9.47. The Morgan fingerprint density at radius 1 is 1.17 bits per heavy atom. The van der Waals surface area contributed by atoms with Crippen molar-refractivity contribution in [3.63, 3.8) is 0 Å². The molecule has 1 amide bonds. The van der Waals surface area contributed by atoms with E-state index >= 15 is 0 Å². The van der Waals surface area contributed by atoms with Crippen molar-refractivity contribution >= 4 is 5.91 Å². The van der Waals surface area contributed by atoms with E-state index in [4.69, 9.17) is 5.73 Å². The summed E-state index contributed by atoms with van der Waals surface area (Å²) in [6.07, 6.45) is 9.34. The highest BCUT2D eigenvalue weighted by atomic mass is 16.3. The van der Waals surface area contributed by atoms with Gasteiger partial charge in [0.15, 0.2) is 0 Å². The first-order chi connectivity index (χ1) is 11.2. The first-order valence-electron chi connectivity index (χ1n) is 9.62. The predicted molar refractivity (Wildman–Crippen MR) is 91.9 cm³/mol. The Morgan fingerprint density at radius 3 is 2.58 bits per heavy atom. The third-order valence-corrected chi connectivity index (χ3v) is 8.64. The highest BCUT2D eigenvalue weighted by molar-refractivity contribution is 5.84. The lowest BCUT2D eigenvalue weighted by Crippen LogP contribution is -2.59.